The van der Waals surface area contributed by atoms with Crippen LogP contribution in [0.1, 0.15) is 66.2 Å². The Morgan fingerprint density at radius 1 is 1.07 bits per heavy atom. The zero-order valence-corrected chi connectivity index (χ0v) is 10.9. The summed E-state index contributed by atoms with van der Waals surface area (Å²) >= 11 is 0. The van der Waals surface area contributed by atoms with E-state index in [2.05, 4.69) is 33.8 Å². The summed E-state index contributed by atoms with van der Waals surface area (Å²) < 4.78 is 0. The molecule has 1 unspecified atom stereocenters. The normalized spacial score (nSPS) is 22.7. The monoisotopic (exact) mass is 206 g/mol. The molecule has 0 aromatic carbocycles. The second kappa shape index (κ2) is 6.15. The van der Waals surface area contributed by atoms with Gasteiger partial charge in [-0.25, -0.2) is 0 Å². The van der Waals surface area contributed by atoms with Crippen LogP contribution in [0.2, 0.25) is 0 Å². The van der Waals surface area contributed by atoms with E-state index in [4.69, 9.17) is 0 Å². The Bertz CT molecular complexity index is 255. The number of hydrogen-bond donors (Lipinski definition) is 0. The molecule has 0 fully saturated rings. The second-order valence-corrected chi connectivity index (χ2v) is 4.48. The molecular formula is C15H26. The van der Waals surface area contributed by atoms with Gasteiger partial charge in [0.2, 0.25) is 0 Å². The van der Waals surface area contributed by atoms with Crippen molar-refractivity contribution >= 4 is 0 Å². The molecule has 1 rings (SSSR count). The van der Waals surface area contributed by atoms with Gasteiger partial charge in [-0.3, -0.25) is 0 Å². The van der Waals surface area contributed by atoms with Crippen LogP contribution in [0.4, 0.5) is 0 Å². The van der Waals surface area contributed by atoms with E-state index < -0.39 is 0 Å². The molecule has 1 aliphatic rings. The molecule has 0 N–H and O–H groups in total. The van der Waals surface area contributed by atoms with E-state index in [1.807, 2.05) is 0 Å². The van der Waals surface area contributed by atoms with Gasteiger partial charge in [0.1, 0.15) is 0 Å². The van der Waals surface area contributed by atoms with Crippen molar-refractivity contribution in [3.63, 3.8) is 0 Å². The maximum absolute atomic E-state index is 2.49. The van der Waals surface area contributed by atoms with E-state index in [0.717, 1.165) is 5.92 Å². The highest BCUT2D eigenvalue weighted by atomic mass is 14.2. The maximum Gasteiger partial charge on any atom is -0.0197 e. The van der Waals surface area contributed by atoms with Gasteiger partial charge in [0.25, 0.3) is 0 Å². The lowest BCUT2D eigenvalue weighted by Crippen LogP contribution is -2.04. The van der Waals surface area contributed by atoms with Crippen LogP contribution in [0.5, 0.6) is 0 Å². The van der Waals surface area contributed by atoms with Gasteiger partial charge in [-0.1, -0.05) is 39.3 Å². The molecule has 0 saturated carbocycles. The average Bonchev–Trinajstić information content (AvgIpc) is 2.45. The summed E-state index contributed by atoms with van der Waals surface area (Å²) in [5.41, 5.74) is 5.07. The van der Waals surface area contributed by atoms with Crippen molar-refractivity contribution in [3.8, 4) is 0 Å². The Morgan fingerprint density at radius 2 is 1.80 bits per heavy atom. The first-order valence-electron chi connectivity index (χ1n) is 6.69. The summed E-state index contributed by atoms with van der Waals surface area (Å²) in [5.74, 6) is 0.852. The van der Waals surface area contributed by atoms with Crippen LogP contribution >= 0.6 is 0 Å². The van der Waals surface area contributed by atoms with E-state index in [1.54, 1.807) is 16.7 Å². The lowest BCUT2D eigenvalue weighted by atomic mass is 9.86. The Kier molecular flexibility index (Phi) is 5.14. The zero-order valence-electron chi connectivity index (χ0n) is 10.9. The predicted molar refractivity (Wildman–Crippen MR) is 69.0 cm³/mol. The summed E-state index contributed by atoms with van der Waals surface area (Å²) in [7, 11) is 0. The fourth-order valence-corrected chi connectivity index (χ4v) is 2.97. The molecule has 0 heterocycles. The highest BCUT2D eigenvalue weighted by molar-refractivity contribution is 5.37. The van der Waals surface area contributed by atoms with Crippen LogP contribution in [0, 0.1) is 5.92 Å². The molecule has 0 radical (unpaired) electrons. The molecule has 0 amide bonds. The number of rotatable bonds is 4. The number of allylic oxidation sites excluding steroid dienone is 4. The van der Waals surface area contributed by atoms with Crippen molar-refractivity contribution in [1.82, 2.24) is 0 Å². The van der Waals surface area contributed by atoms with Gasteiger partial charge in [0.05, 0.1) is 0 Å². The Morgan fingerprint density at radius 3 is 2.27 bits per heavy atom. The van der Waals surface area contributed by atoms with Crippen molar-refractivity contribution in [2.45, 2.75) is 66.2 Å². The van der Waals surface area contributed by atoms with Crippen molar-refractivity contribution in [2.24, 2.45) is 5.92 Å². The molecule has 15 heavy (non-hydrogen) atoms. The van der Waals surface area contributed by atoms with Crippen LogP contribution in [0.25, 0.3) is 0 Å². The van der Waals surface area contributed by atoms with E-state index in [0.29, 0.717) is 0 Å². The molecule has 0 saturated heterocycles. The summed E-state index contributed by atoms with van der Waals surface area (Å²) in [6.45, 7) is 9.27. The SMILES string of the molecule is CCC1=CCCC(CC)C(CC)=C1CC. The van der Waals surface area contributed by atoms with Crippen molar-refractivity contribution in [3.05, 3.63) is 22.8 Å². The fraction of sp³-hybridized carbons (Fsp3) is 0.733. The van der Waals surface area contributed by atoms with E-state index >= 15 is 0 Å². The van der Waals surface area contributed by atoms with Gasteiger partial charge in [-0.2, -0.15) is 0 Å². The van der Waals surface area contributed by atoms with Gasteiger partial charge < -0.3 is 0 Å². The Balaban J connectivity index is 3.08. The number of hydrogen-bond acceptors (Lipinski definition) is 0. The standard InChI is InChI=1S/C15H26/c1-5-12-10-9-11-13(6-2)15(8-4)14(12)7-3/h10,13H,5-9,11H2,1-4H3. The molecule has 1 atom stereocenters. The smallest absolute Gasteiger partial charge is 0.0197 e. The van der Waals surface area contributed by atoms with Crippen molar-refractivity contribution < 1.29 is 0 Å². The van der Waals surface area contributed by atoms with Gasteiger partial charge in [0, 0.05) is 0 Å². The van der Waals surface area contributed by atoms with Crippen LogP contribution in [0.3, 0.4) is 0 Å². The van der Waals surface area contributed by atoms with E-state index in [9.17, 15) is 0 Å². The molecule has 86 valence electrons. The first-order chi connectivity index (χ1) is 7.28. The fourth-order valence-electron chi connectivity index (χ4n) is 2.97. The summed E-state index contributed by atoms with van der Waals surface area (Å²) in [5, 5.41) is 0. The highest BCUT2D eigenvalue weighted by Crippen LogP contribution is 2.35. The van der Waals surface area contributed by atoms with Crippen molar-refractivity contribution in [1.29, 1.82) is 0 Å². The first-order valence-corrected chi connectivity index (χ1v) is 6.69. The molecule has 0 heteroatoms. The zero-order chi connectivity index (χ0) is 11.3. The average molecular weight is 206 g/mol. The molecule has 0 aromatic rings. The van der Waals surface area contributed by atoms with Crippen LogP contribution < -0.4 is 0 Å². The lowest BCUT2D eigenvalue weighted by Gasteiger charge is -2.20. The van der Waals surface area contributed by atoms with Crippen LogP contribution in [0.15, 0.2) is 22.8 Å². The minimum atomic E-state index is 0.852. The third-order valence-electron chi connectivity index (χ3n) is 3.78. The summed E-state index contributed by atoms with van der Waals surface area (Å²) in [6.07, 6.45) is 10.1. The van der Waals surface area contributed by atoms with Gasteiger partial charge >= 0.3 is 0 Å². The largest absolute Gasteiger partial charge is 0.0810 e. The molecule has 0 bridgehead atoms. The molecule has 1 aliphatic carbocycles. The minimum Gasteiger partial charge on any atom is -0.0810 e. The Labute approximate surface area is 95.5 Å². The van der Waals surface area contributed by atoms with Crippen LogP contribution in [-0.2, 0) is 0 Å². The third-order valence-corrected chi connectivity index (χ3v) is 3.78. The van der Waals surface area contributed by atoms with Gasteiger partial charge in [-0.15, -0.1) is 0 Å². The van der Waals surface area contributed by atoms with E-state index in [-0.39, 0.29) is 0 Å². The lowest BCUT2D eigenvalue weighted by molar-refractivity contribution is 0.533. The van der Waals surface area contributed by atoms with Gasteiger partial charge in [0.15, 0.2) is 0 Å². The first kappa shape index (κ1) is 12.5. The summed E-state index contributed by atoms with van der Waals surface area (Å²) in [4.78, 5) is 0. The molecule has 0 spiro atoms. The quantitative estimate of drug-likeness (QED) is 0.588. The molecule has 0 nitrogen and oxygen atoms in total. The topological polar surface area (TPSA) is 0 Å². The highest BCUT2D eigenvalue weighted by Gasteiger charge is 2.18. The maximum atomic E-state index is 2.49. The van der Waals surface area contributed by atoms with Gasteiger partial charge in [-0.05, 0) is 55.6 Å². The van der Waals surface area contributed by atoms with Crippen LogP contribution in [-0.4, -0.2) is 0 Å². The molecule has 0 aliphatic heterocycles. The minimum absolute atomic E-state index is 0.852. The Hall–Kier alpha value is -0.520. The molecular weight excluding hydrogens is 180 g/mol. The van der Waals surface area contributed by atoms with E-state index in [1.165, 1.54) is 38.5 Å². The predicted octanol–water partition coefficient (Wildman–Crippen LogP) is 5.26. The summed E-state index contributed by atoms with van der Waals surface area (Å²) in [6, 6.07) is 0. The second-order valence-electron chi connectivity index (χ2n) is 4.48. The molecule has 0 aromatic heterocycles. The third kappa shape index (κ3) is 2.74. The van der Waals surface area contributed by atoms with Crippen molar-refractivity contribution in [2.75, 3.05) is 0 Å².